The van der Waals surface area contributed by atoms with Gasteiger partial charge in [0.15, 0.2) is 5.16 Å². The number of carbonyl (C=O) groups is 1. The van der Waals surface area contributed by atoms with Crippen molar-refractivity contribution in [2.75, 3.05) is 19.1 Å². The van der Waals surface area contributed by atoms with Gasteiger partial charge in [-0.05, 0) is 25.0 Å². The Hall–Kier alpha value is -2.06. The van der Waals surface area contributed by atoms with E-state index in [4.69, 9.17) is 19.2 Å². The van der Waals surface area contributed by atoms with Gasteiger partial charge in [-0.2, -0.15) is 0 Å². The summed E-state index contributed by atoms with van der Waals surface area (Å²) < 4.78 is 10.6. The van der Waals surface area contributed by atoms with Crippen LogP contribution in [0.15, 0.2) is 27.8 Å². The molecule has 0 unspecified atom stereocenters. The number of aromatic nitrogens is 2. The van der Waals surface area contributed by atoms with Gasteiger partial charge in [0.2, 0.25) is 5.76 Å². The van der Waals surface area contributed by atoms with Crippen LogP contribution in [0.3, 0.4) is 0 Å². The van der Waals surface area contributed by atoms with Crippen LogP contribution < -0.4 is 4.90 Å². The molecule has 0 aliphatic heterocycles. The smallest absolute Gasteiger partial charge is 0.371 e. The minimum atomic E-state index is -1.07. The molecule has 1 aliphatic carbocycles. The molecule has 2 aromatic heterocycles. The first kappa shape index (κ1) is 19.7. The molecule has 0 radical (unpaired) electrons. The third-order valence-corrected chi connectivity index (χ3v) is 5.61. The number of thioether (sulfide) groups is 1. The lowest BCUT2D eigenvalue weighted by Gasteiger charge is -2.32. The fraction of sp³-hybridized carbons (Fsp3) is 0.526. The van der Waals surface area contributed by atoms with E-state index in [0.29, 0.717) is 29.3 Å². The average molecular weight is 391 g/mol. The van der Waals surface area contributed by atoms with Gasteiger partial charge in [0, 0.05) is 26.3 Å². The van der Waals surface area contributed by atoms with Crippen molar-refractivity contribution in [1.29, 1.82) is 0 Å². The summed E-state index contributed by atoms with van der Waals surface area (Å²) in [6.45, 7) is 0.422. The van der Waals surface area contributed by atoms with E-state index in [1.807, 2.05) is 6.07 Å². The van der Waals surface area contributed by atoms with E-state index in [-0.39, 0.29) is 5.76 Å². The predicted octanol–water partition coefficient (Wildman–Crippen LogP) is 3.98. The molecule has 0 amide bonds. The van der Waals surface area contributed by atoms with Crippen LogP contribution in [0.2, 0.25) is 0 Å². The van der Waals surface area contributed by atoms with Crippen molar-refractivity contribution in [2.45, 2.75) is 55.7 Å². The van der Waals surface area contributed by atoms with Crippen LogP contribution in [0.25, 0.3) is 0 Å². The largest absolute Gasteiger partial charge is 0.475 e. The Bertz CT molecular complexity index is 774. The van der Waals surface area contributed by atoms with Gasteiger partial charge in [-0.3, -0.25) is 0 Å². The van der Waals surface area contributed by atoms with Crippen molar-refractivity contribution in [3.63, 3.8) is 0 Å². The number of furan rings is 1. The Kier molecular flexibility index (Phi) is 6.73. The third kappa shape index (κ3) is 5.23. The van der Waals surface area contributed by atoms with E-state index < -0.39 is 5.97 Å². The number of rotatable bonds is 8. The number of methoxy groups -OCH3 is 1. The first-order valence-electron chi connectivity index (χ1n) is 9.11. The van der Waals surface area contributed by atoms with Crippen molar-refractivity contribution in [2.24, 2.45) is 0 Å². The molecule has 0 aromatic carbocycles. The van der Waals surface area contributed by atoms with Gasteiger partial charge in [0.1, 0.15) is 11.6 Å². The van der Waals surface area contributed by atoms with E-state index in [1.54, 1.807) is 13.2 Å². The van der Waals surface area contributed by atoms with E-state index in [9.17, 15) is 4.79 Å². The molecule has 1 fully saturated rings. The number of anilines is 1. The topological polar surface area (TPSA) is 88.7 Å². The van der Waals surface area contributed by atoms with Crippen LogP contribution in [0, 0.1) is 0 Å². The molecule has 27 heavy (non-hydrogen) atoms. The second kappa shape index (κ2) is 9.23. The quantitative estimate of drug-likeness (QED) is 0.534. The summed E-state index contributed by atoms with van der Waals surface area (Å²) in [6, 6.07) is 5.62. The summed E-state index contributed by atoms with van der Waals surface area (Å²) in [5.41, 5.74) is 0.832. The number of carboxylic acids is 1. The van der Waals surface area contributed by atoms with Crippen LogP contribution >= 0.6 is 11.8 Å². The highest BCUT2D eigenvalue weighted by atomic mass is 32.2. The summed E-state index contributed by atoms with van der Waals surface area (Å²) in [5.74, 6) is 0.826. The molecule has 3 rings (SSSR count). The van der Waals surface area contributed by atoms with Gasteiger partial charge < -0.3 is 19.2 Å². The molecule has 1 saturated carbocycles. The minimum absolute atomic E-state index is 0.0580. The van der Waals surface area contributed by atoms with E-state index in [2.05, 4.69) is 16.9 Å². The average Bonchev–Trinajstić information content (AvgIpc) is 3.16. The molecule has 0 atom stereocenters. The fourth-order valence-corrected chi connectivity index (χ4v) is 4.05. The van der Waals surface area contributed by atoms with Crippen molar-refractivity contribution in [3.8, 4) is 0 Å². The molecule has 8 heteroatoms. The number of ether oxygens (including phenoxy) is 1. The third-order valence-electron chi connectivity index (χ3n) is 4.74. The van der Waals surface area contributed by atoms with E-state index in [1.165, 1.54) is 49.9 Å². The fourth-order valence-electron chi connectivity index (χ4n) is 3.29. The zero-order chi connectivity index (χ0) is 19.2. The standard InChI is InChI=1S/C19H25N3O4S/c1-22(14-6-4-3-5-7-14)17-10-13(11-25-2)20-19(21-17)27-12-15-8-9-16(26-15)18(23)24/h8-10,14H,3-7,11-12H2,1-2H3,(H,23,24). The zero-order valence-corrected chi connectivity index (χ0v) is 16.5. The highest BCUT2D eigenvalue weighted by molar-refractivity contribution is 7.98. The Balaban J connectivity index is 1.74. The Morgan fingerprint density at radius 3 is 2.78 bits per heavy atom. The summed E-state index contributed by atoms with van der Waals surface area (Å²) in [6.07, 6.45) is 6.21. The lowest BCUT2D eigenvalue weighted by molar-refractivity contribution is 0.0661. The van der Waals surface area contributed by atoms with Crippen LogP contribution in [0.1, 0.15) is 54.1 Å². The molecule has 2 heterocycles. The van der Waals surface area contributed by atoms with Crippen molar-refractivity contribution in [3.05, 3.63) is 35.4 Å². The molecule has 0 saturated heterocycles. The highest BCUT2D eigenvalue weighted by Crippen LogP contribution is 2.28. The molecule has 0 bridgehead atoms. The van der Waals surface area contributed by atoms with Crippen molar-refractivity contribution >= 4 is 23.5 Å². The number of carboxylic acid groups (broad SMARTS) is 1. The minimum Gasteiger partial charge on any atom is -0.475 e. The molecule has 7 nitrogen and oxygen atoms in total. The zero-order valence-electron chi connectivity index (χ0n) is 15.7. The van der Waals surface area contributed by atoms with Gasteiger partial charge in [-0.15, -0.1) is 0 Å². The number of nitrogens with zero attached hydrogens (tertiary/aromatic N) is 3. The Morgan fingerprint density at radius 1 is 1.33 bits per heavy atom. The lowest BCUT2D eigenvalue weighted by Crippen LogP contribution is -2.34. The maximum Gasteiger partial charge on any atom is 0.371 e. The SMILES string of the molecule is COCc1cc(N(C)C2CCCCC2)nc(SCc2ccc(C(=O)O)o2)n1. The monoisotopic (exact) mass is 391 g/mol. The molecular weight excluding hydrogens is 366 g/mol. The van der Waals surface area contributed by atoms with Gasteiger partial charge in [0.25, 0.3) is 0 Å². The maximum atomic E-state index is 10.9. The second-order valence-corrected chi connectivity index (χ2v) is 7.64. The molecule has 0 spiro atoms. The molecule has 1 aliphatic rings. The number of aromatic carboxylic acids is 1. The first-order valence-corrected chi connectivity index (χ1v) is 10.1. The van der Waals surface area contributed by atoms with E-state index >= 15 is 0 Å². The second-order valence-electron chi connectivity index (χ2n) is 6.70. The Morgan fingerprint density at radius 2 is 2.11 bits per heavy atom. The number of hydrogen-bond donors (Lipinski definition) is 1. The summed E-state index contributed by atoms with van der Waals surface area (Å²) >= 11 is 1.43. The molecular formula is C19H25N3O4S. The molecule has 146 valence electrons. The molecule has 2 aromatic rings. The highest BCUT2D eigenvalue weighted by Gasteiger charge is 2.20. The van der Waals surface area contributed by atoms with Gasteiger partial charge >= 0.3 is 5.97 Å². The Labute approximate surface area is 163 Å². The van der Waals surface area contributed by atoms with Gasteiger partial charge in [-0.1, -0.05) is 31.0 Å². The predicted molar refractivity (Wildman–Crippen MR) is 103 cm³/mol. The maximum absolute atomic E-state index is 10.9. The summed E-state index contributed by atoms with van der Waals surface area (Å²) in [5, 5.41) is 9.59. The number of hydrogen-bond acceptors (Lipinski definition) is 7. The van der Waals surface area contributed by atoms with Crippen molar-refractivity contribution < 1.29 is 19.1 Å². The van der Waals surface area contributed by atoms with Crippen LogP contribution in [-0.2, 0) is 17.1 Å². The summed E-state index contributed by atoms with van der Waals surface area (Å²) in [7, 11) is 3.74. The van der Waals surface area contributed by atoms with Gasteiger partial charge in [-0.25, -0.2) is 14.8 Å². The van der Waals surface area contributed by atoms with Crippen LogP contribution in [0.4, 0.5) is 5.82 Å². The van der Waals surface area contributed by atoms with Crippen LogP contribution in [-0.4, -0.2) is 41.2 Å². The normalized spacial score (nSPS) is 15.0. The van der Waals surface area contributed by atoms with Crippen LogP contribution in [0.5, 0.6) is 0 Å². The van der Waals surface area contributed by atoms with Crippen molar-refractivity contribution in [1.82, 2.24) is 9.97 Å². The molecule has 1 N–H and O–H groups in total. The van der Waals surface area contributed by atoms with E-state index in [0.717, 1.165) is 11.5 Å². The first-order chi connectivity index (χ1) is 13.1. The van der Waals surface area contributed by atoms with Gasteiger partial charge in [0.05, 0.1) is 18.1 Å². The summed E-state index contributed by atoms with van der Waals surface area (Å²) in [4.78, 5) is 22.4. The lowest BCUT2D eigenvalue weighted by atomic mass is 9.94.